The van der Waals surface area contributed by atoms with Gasteiger partial charge in [0.1, 0.15) is 5.82 Å². The normalized spacial score (nSPS) is 16.1. The lowest BCUT2D eigenvalue weighted by molar-refractivity contribution is -0.142. The molecule has 2 heterocycles. The molecule has 1 amide bonds. The van der Waals surface area contributed by atoms with Crippen LogP contribution in [0.2, 0.25) is 5.02 Å². The molecule has 1 aliphatic rings. The van der Waals surface area contributed by atoms with E-state index in [4.69, 9.17) is 17.3 Å². The van der Waals surface area contributed by atoms with Crippen LogP contribution in [0, 0.1) is 5.41 Å². The molecule has 0 spiro atoms. The van der Waals surface area contributed by atoms with Crippen molar-refractivity contribution < 1.29 is 18.0 Å². The highest BCUT2D eigenvalue weighted by Gasteiger charge is 2.38. The molecule has 1 aromatic rings. The van der Waals surface area contributed by atoms with Crippen molar-refractivity contribution in [1.82, 2.24) is 9.88 Å². The lowest BCUT2D eigenvalue weighted by Gasteiger charge is -2.40. The first-order chi connectivity index (χ1) is 12.2. The van der Waals surface area contributed by atoms with E-state index in [1.165, 1.54) is 0 Å². The van der Waals surface area contributed by atoms with Gasteiger partial charge < -0.3 is 15.5 Å². The molecule has 0 unspecified atom stereocenters. The average molecular weight is 393 g/mol. The summed E-state index contributed by atoms with van der Waals surface area (Å²) in [5.74, 6) is 0.346. The van der Waals surface area contributed by atoms with Gasteiger partial charge in [0.15, 0.2) is 0 Å². The number of pyridine rings is 1. The van der Waals surface area contributed by atoms with E-state index in [9.17, 15) is 18.0 Å². The summed E-state index contributed by atoms with van der Waals surface area (Å²) in [6, 6.07) is 0.884. The third-order valence-corrected chi connectivity index (χ3v) is 5.49. The third-order valence-electron chi connectivity index (χ3n) is 5.21. The molecule has 5 nitrogen and oxygen atoms in total. The summed E-state index contributed by atoms with van der Waals surface area (Å²) in [4.78, 5) is 20.3. The standard InChI is InChI=1S/C17H24ClF3N4O/c1-3-16(4-2,11-22)15(26)25-7-5-24(6-8-25)14-13(18)9-12(10-23-14)17(19,20)21/h9-10H,3-8,11,22H2,1-2H3. The van der Waals surface area contributed by atoms with Crippen molar-refractivity contribution in [3.8, 4) is 0 Å². The van der Waals surface area contributed by atoms with E-state index in [0.717, 1.165) is 12.3 Å². The minimum absolute atomic E-state index is 0.0381. The number of nitrogens with zero attached hydrogens (tertiary/aromatic N) is 3. The van der Waals surface area contributed by atoms with Crippen molar-refractivity contribution in [3.63, 3.8) is 0 Å². The fraction of sp³-hybridized carbons (Fsp3) is 0.647. The molecule has 0 atom stereocenters. The van der Waals surface area contributed by atoms with Gasteiger partial charge in [-0.1, -0.05) is 25.4 Å². The summed E-state index contributed by atoms with van der Waals surface area (Å²) in [5.41, 5.74) is 4.42. The quantitative estimate of drug-likeness (QED) is 0.836. The Balaban J connectivity index is 2.08. The van der Waals surface area contributed by atoms with Crippen LogP contribution in [-0.2, 0) is 11.0 Å². The third kappa shape index (κ3) is 4.06. The van der Waals surface area contributed by atoms with Gasteiger partial charge >= 0.3 is 6.18 Å². The number of piperazine rings is 1. The fourth-order valence-electron chi connectivity index (χ4n) is 3.20. The number of aromatic nitrogens is 1. The number of anilines is 1. The van der Waals surface area contributed by atoms with Crippen LogP contribution in [0.5, 0.6) is 0 Å². The Morgan fingerprint density at radius 1 is 1.23 bits per heavy atom. The van der Waals surface area contributed by atoms with E-state index in [1.807, 2.05) is 13.8 Å². The molecule has 1 saturated heterocycles. The maximum absolute atomic E-state index is 12.8. The van der Waals surface area contributed by atoms with E-state index in [2.05, 4.69) is 4.98 Å². The fourth-order valence-corrected chi connectivity index (χ4v) is 3.49. The molecule has 26 heavy (non-hydrogen) atoms. The minimum Gasteiger partial charge on any atom is -0.352 e. The monoisotopic (exact) mass is 392 g/mol. The lowest BCUT2D eigenvalue weighted by atomic mass is 9.81. The number of carbonyl (C=O) groups is 1. The second kappa shape index (κ2) is 8.00. The molecule has 2 rings (SSSR count). The first-order valence-electron chi connectivity index (χ1n) is 8.65. The van der Waals surface area contributed by atoms with Crippen molar-refractivity contribution in [3.05, 3.63) is 22.8 Å². The first kappa shape index (κ1) is 20.8. The van der Waals surface area contributed by atoms with Gasteiger partial charge in [-0.15, -0.1) is 0 Å². The Hall–Kier alpha value is -1.54. The maximum atomic E-state index is 12.8. The van der Waals surface area contributed by atoms with Crippen molar-refractivity contribution in [2.75, 3.05) is 37.6 Å². The van der Waals surface area contributed by atoms with Gasteiger partial charge in [-0.25, -0.2) is 4.98 Å². The number of alkyl halides is 3. The van der Waals surface area contributed by atoms with Crippen molar-refractivity contribution >= 4 is 23.3 Å². The van der Waals surface area contributed by atoms with Gasteiger partial charge in [-0.05, 0) is 18.9 Å². The molecule has 0 aromatic carbocycles. The zero-order valence-corrected chi connectivity index (χ0v) is 15.7. The van der Waals surface area contributed by atoms with Gasteiger partial charge in [0, 0.05) is 38.9 Å². The number of hydrogen-bond acceptors (Lipinski definition) is 4. The van der Waals surface area contributed by atoms with Crippen LogP contribution in [0.25, 0.3) is 0 Å². The Kier molecular flexibility index (Phi) is 6.39. The summed E-state index contributed by atoms with van der Waals surface area (Å²) in [6.07, 6.45) is -2.35. The second-order valence-corrected chi connectivity index (χ2v) is 6.91. The van der Waals surface area contributed by atoms with Crippen molar-refractivity contribution in [1.29, 1.82) is 0 Å². The Morgan fingerprint density at radius 2 is 1.81 bits per heavy atom. The summed E-state index contributed by atoms with van der Waals surface area (Å²) in [7, 11) is 0. The minimum atomic E-state index is -4.48. The molecule has 146 valence electrons. The van der Waals surface area contributed by atoms with E-state index in [-0.39, 0.29) is 10.9 Å². The van der Waals surface area contributed by atoms with Crippen LogP contribution < -0.4 is 10.6 Å². The smallest absolute Gasteiger partial charge is 0.352 e. The highest BCUT2D eigenvalue weighted by atomic mass is 35.5. The summed E-state index contributed by atoms with van der Waals surface area (Å²) in [5, 5.41) is -0.0435. The van der Waals surface area contributed by atoms with Crippen LogP contribution in [0.15, 0.2) is 12.3 Å². The lowest BCUT2D eigenvalue weighted by Crippen LogP contribution is -2.55. The highest BCUT2D eigenvalue weighted by molar-refractivity contribution is 6.33. The Morgan fingerprint density at radius 3 is 2.23 bits per heavy atom. The summed E-state index contributed by atoms with van der Waals surface area (Å²) >= 11 is 6.01. The number of rotatable bonds is 5. The molecule has 9 heteroatoms. The molecule has 1 fully saturated rings. The van der Waals surface area contributed by atoms with Crippen LogP contribution in [-0.4, -0.2) is 48.5 Å². The number of halogens is 4. The molecule has 0 saturated carbocycles. The number of hydrogen-bond donors (Lipinski definition) is 1. The molecular weight excluding hydrogens is 369 g/mol. The van der Waals surface area contributed by atoms with Crippen LogP contribution in [0.1, 0.15) is 32.3 Å². The number of nitrogens with two attached hydrogens (primary N) is 1. The van der Waals surface area contributed by atoms with E-state index in [0.29, 0.717) is 51.4 Å². The van der Waals surface area contributed by atoms with E-state index in [1.54, 1.807) is 9.80 Å². The van der Waals surface area contributed by atoms with Crippen molar-refractivity contribution in [2.24, 2.45) is 11.1 Å². The highest BCUT2D eigenvalue weighted by Crippen LogP contribution is 2.34. The van der Waals surface area contributed by atoms with Crippen molar-refractivity contribution in [2.45, 2.75) is 32.9 Å². The number of amides is 1. The van der Waals surface area contributed by atoms with E-state index >= 15 is 0 Å². The van der Waals surface area contributed by atoms with Gasteiger partial charge in [-0.2, -0.15) is 13.2 Å². The second-order valence-electron chi connectivity index (χ2n) is 6.50. The largest absolute Gasteiger partial charge is 0.417 e. The molecule has 0 radical (unpaired) electrons. The van der Waals surface area contributed by atoms with Gasteiger partial charge in [0.05, 0.1) is 16.0 Å². The molecular formula is C17H24ClF3N4O. The SMILES string of the molecule is CCC(CC)(CN)C(=O)N1CCN(c2ncc(C(F)(F)F)cc2Cl)CC1. The predicted molar refractivity (Wildman–Crippen MR) is 95.1 cm³/mol. The summed E-state index contributed by atoms with van der Waals surface area (Å²) < 4.78 is 38.2. The maximum Gasteiger partial charge on any atom is 0.417 e. The Bertz CT molecular complexity index is 633. The first-order valence-corrected chi connectivity index (χ1v) is 9.03. The van der Waals surface area contributed by atoms with Crippen LogP contribution >= 0.6 is 11.6 Å². The molecule has 0 bridgehead atoms. The zero-order valence-electron chi connectivity index (χ0n) is 14.9. The average Bonchev–Trinajstić information content (AvgIpc) is 2.63. The number of carbonyl (C=O) groups excluding carboxylic acids is 1. The molecule has 1 aliphatic heterocycles. The van der Waals surface area contributed by atoms with E-state index < -0.39 is 17.2 Å². The predicted octanol–water partition coefficient (Wildman–Crippen LogP) is 3.17. The molecule has 2 N–H and O–H groups in total. The molecule has 0 aliphatic carbocycles. The zero-order chi connectivity index (χ0) is 19.5. The topological polar surface area (TPSA) is 62.5 Å². The van der Waals surface area contributed by atoms with Gasteiger partial charge in [-0.3, -0.25) is 4.79 Å². The van der Waals surface area contributed by atoms with Crippen LogP contribution in [0.3, 0.4) is 0 Å². The van der Waals surface area contributed by atoms with Crippen LogP contribution in [0.4, 0.5) is 19.0 Å². The molecule has 1 aromatic heterocycles. The Labute approximate surface area is 156 Å². The summed E-state index contributed by atoms with van der Waals surface area (Å²) in [6.45, 7) is 6.03. The van der Waals surface area contributed by atoms with Gasteiger partial charge in [0.2, 0.25) is 5.91 Å². The van der Waals surface area contributed by atoms with Gasteiger partial charge in [0.25, 0.3) is 0 Å².